The van der Waals surface area contributed by atoms with Crippen LogP contribution in [0, 0.1) is 22.8 Å². The van der Waals surface area contributed by atoms with Crippen molar-refractivity contribution >= 4 is 43.8 Å². The number of thiazole rings is 1. The Morgan fingerprint density at radius 1 is 1.18 bits per heavy atom. The maximum Gasteiger partial charge on any atom is 0.266 e. The first-order valence-corrected chi connectivity index (χ1v) is 13.5. The highest BCUT2D eigenvalue weighted by Gasteiger charge is 2.23. The van der Waals surface area contributed by atoms with Crippen LogP contribution in [-0.2, 0) is 10.0 Å². The molecule has 7 nitrogen and oxygen atoms in total. The number of anilines is 2. The predicted molar refractivity (Wildman–Crippen MR) is 131 cm³/mol. The van der Waals surface area contributed by atoms with Crippen LogP contribution in [0.2, 0.25) is 5.02 Å². The maximum atomic E-state index is 14.5. The molecule has 5 N–H and O–H groups in total. The van der Waals surface area contributed by atoms with E-state index < -0.39 is 25.9 Å². The van der Waals surface area contributed by atoms with Gasteiger partial charge in [0.15, 0.2) is 10.3 Å². The minimum atomic E-state index is -4.30. The third-order valence-electron chi connectivity index (χ3n) is 5.03. The minimum absolute atomic E-state index is 0.0636. The molecule has 33 heavy (non-hydrogen) atoms. The molecule has 0 aliphatic heterocycles. The molecular formula is C21H32ClF2N5O2S2. The normalized spacial score (nSPS) is 13.8. The first-order valence-electron chi connectivity index (χ1n) is 10.8. The molecule has 0 amide bonds. The Kier molecular flexibility index (Phi) is 10.7. The van der Waals surface area contributed by atoms with Gasteiger partial charge in [-0.1, -0.05) is 36.8 Å². The van der Waals surface area contributed by atoms with Crippen molar-refractivity contribution < 1.29 is 17.2 Å². The Labute approximate surface area is 203 Å². The van der Waals surface area contributed by atoms with E-state index in [0.29, 0.717) is 35.4 Å². The number of unbranched alkanes of at least 4 members (excludes halogenated alkanes) is 1. The lowest BCUT2D eigenvalue weighted by Crippen LogP contribution is -2.36. The molecule has 1 unspecified atom stereocenters. The molecule has 0 saturated heterocycles. The summed E-state index contributed by atoms with van der Waals surface area (Å²) in [6.45, 7) is 8.67. The molecule has 12 heteroatoms. The zero-order chi connectivity index (χ0) is 24.6. The van der Waals surface area contributed by atoms with Crippen molar-refractivity contribution in [1.82, 2.24) is 10.3 Å². The van der Waals surface area contributed by atoms with Crippen molar-refractivity contribution in [2.24, 2.45) is 17.6 Å². The number of aromatic nitrogens is 1. The Hall–Kier alpha value is -1.53. The smallest absolute Gasteiger partial charge is 0.266 e. The number of hydrogen-bond donors (Lipinski definition) is 4. The zero-order valence-electron chi connectivity index (χ0n) is 19.0. The average Bonchev–Trinajstić information content (AvgIpc) is 3.11. The fourth-order valence-electron chi connectivity index (χ4n) is 3.32. The summed E-state index contributed by atoms with van der Waals surface area (Å²) in [6.07, 6.45) is 3.67. The molecule has 1 aromatic carbocycles. The molecule has 0 saturated carbocycles. The number of sulfonamides is 1. The molecule has 0 fully saturated rings. The summed E-state index contributed by atoms with van der Waals surface area (Å²) in [5, 5.41) is 5.68. The van der Waals surface area contributed by atoms with E-state index >= 15 is 0 Å². The molecule has 2 aromatic rings. The second kappa shape index (κ2) is 12.8. The Morgan fingerprint density at radius 2 is 1.88 bits per heavy atom. The van der Waals surface area contributed by atoms with Gasteiger partial charge in [-0.2, -0.15) is 4.39 Å². The number of nitrogens with two attached hydrogens (primary N) is 1. The third-order valence-corrected chi connectivity index (χ3v) is 7.53. The Morgan fingerprint density at radius 3 is 2.48 bits per heavy atom. The molecule has 0 aliphatic rings. The van der Waals surface area contributed by atoms with Crippen LogP contribution in [0.15, 0.2) is 23.2 Å². The number of benzene rings is 1. The summed E-state index contributed by atoms with van der Waals surface area (Å²) in [6, 6.07) is 2.20. The highest BCUT2D eigenvalue weighted by molar-refractivity contribution is 7.93. The number of rotatable bonds is 14. The SMILES string of the molecule is CC(C)CC(CNCCCCNc1cc(F)c(S(=O)(=O)Nc2ncc(F)s2)cc1Cl)[C@@H](C)N. The first kappa shape index (κ1) is 27.7. The lowest BCUT2D eigenvalue weighted by atomic mass is 9.91. The highest BCUT2D eigenvalue weighted by atomic mass is 35.5. The third kappa shape index (κ3) is 8.97. The van der Waals surface area contributed by atoms with Crippen LogP contribution in [0.25, 0.3) is 0 Å². The fraction of sp³-hybridized carbons (Fsp3) is 0.571. The van der Waals surface area contributed by atoms with Crippen LogP contribution >= 0.6 is 22.9 Å². The molecule has 0 aliphatic carbocycles. The molecule has 186 valence electrons. The van der Waals surface area contributed by atoms with Crippen LogP contribution in [0.1, 0.15) is 40.0 Å². The summed E-state index contributed by atoms with van der Waals surface area (Å²) in [5.41, 5.74) is 6.36. The summed E-state index contributed by atoms with van der Waals surface area (Å²) < 4.78 is 54.4. The van der Waals surface area contributed by atoms with Gasteiger partial charge >= 0.3 is 0 Å². The number of nitrogens with zero attached hydrogens (tertiary/aromatic N) is 1. The lowest BCUT2D eigenvalue weighted by molar-refractivity contribution is 0.342. The van der Waals surface area contributed by atoms with E-state index in [1.54, 1.807) is 0 Å². The van der Waals surface area contributed by atoms with Crippen molar-refractivity contribution in [1.29, 1.82) is 0 Å². The van der Waals surface area contributed by atoms with Gasteiger partial charge in [0, 0.05) is 12.6 Å². The van der Waals surface area contributed by atoms with Crippen molar-refractivity contribution in [2.75, 3.05) is 29.7 Å². The van der Waals surface area contributed by atoms with Gasteiger partial charge in [0.2, 0.25) is 0 Å². The number of hydrogen-bond acceptors (Lipinski definition) is 7. The number of nitrogens with one attached hydrogen (secondary N) is 3. The molecular weight excluding hydrogens is 492 g/mol. The van der Waals surface area contributed by atoms with E-state index in [4.69, 9.17) is 17.3 Å². The van der Waals surface area contributed by atoms with Crippen LogP contribution in [-0.4, -0.2) is 39.1 Å². The molecule has 0 bridgehead atoms. The second-order valence-corrected chi connectivity index (χ2v) is 11.5. The lowest BCUT2D eigenvalue weighted by Gasteiger charge is -2.23. The second-order valence-electron chi connectivity index (χ2n) is 8.42. The Bertz CT molecular complexity index is 1000. The minimum Gasteiger partial charge on any atom is -0.384 e. The van der Waals surface area contributed by atoms with E-state index in [-0.39, 0.29) is 16.2 Å². The predicted octanol–water partition coefficient (Wildman–Crippen LogP) is 4.67. The highest BCUT2D eigenvalue weighted by Crippen LogP contribution is 2.30. The van der Waals surface area contributed by atoms with E-state index in [2.05, 4.69) is 29.5 Å². The van der Waals surface area contributed by atoms with Gasteiger partial charge in [-0.3, -0.25) is 4.72 Å². The van der Waals surface area contributed by atoms with Gasteiger partial charge in [-0.15, -0.1) is 0 Å². The summed E-state index contributed by atoms with van der Waals surface area (Å²) in [5.74, 6) is 0.0636. The van der Waals surface area contributed by atoms with Crippen molar-refractivity contribution in [3.8, 4) is 0 Å². The van der Waals surface area contributed by atoms with Gasteiger partial charge in [0.05, 0.1) is 16.9 Å². The van der Waals surface area contributed by atoms with Gasteiger partial charge in [0.25, 0.3) is 10.0 Å². The molecule has 1 heterocycles. The van der Waals surface area contributed by atoms with E-state index in [1.165, 1.54) is 0 Å². The van der Waals surface area contributed by atoms with Crippen LogP contribution in [0.4, 0.5) is 19.6 Å². The quantitative estimate of drug-likeness (QED) is 0.268. The van der Waals surface area contributed by atoms with E-state index in [1.807, 2.05) is 11.6 Å². The average molecular weight is 524 g/mol. The van der Waals surface area contributed by atoms with Gasteiger partial charge in [0.1, 0.15) is 10.7 Å². The van der Waals surface area contributed by atoms with Crippen molar-refractivity contribution in [3.63, 3.8) is 0 Å². The van der Waals surface area contributed by atoms with E-state index in [0.717, 1.165) is 50.7 Å². The summed E-state index contributed by atoms with van der Waals surface area (Å²) >= 11 is 6.66. The van der Waals surface area contributed by atoms with Crippen molar-refractivity contribution in [2.45, 2.75) is 51.0 Å². The fourth-order valence-corrected chi connectivity index (χ4v) is 5.48. The van der Waals surface area contributed by atoms with Crippen LogP contribution in [0.5, 0.6) is 0 Å². The van der Waals surface area contributed by atoms with Gasteiger partial charge in [-0.05, 0) is 63.2 Å². The summed E-state index contributed by atoms with van der Waals surface area (Å²) in [7, 11) is -4.30. The standard InChI is InChI=1S/C21H32ClF2N5O2S2/c1-13(2)8-15(14(3)25)11-26-6-4-5-7-27-18-10-17(23)19(9-16(18)22)33(30,31)29-21-28-12-20(24)32-21/h9-10,12-15,26-27H,4-8,11,25H2,1-3H3,(H,28,29)/t14-,15?/m1/s1. The molecule has 1 aromatic heterocycles. The summed E-state index contributed by atoms with van der Waals surface area (Å²) in [4.78, 5) is 2.94. The monoisotopic (exact) mass is 523 g/mol. The molecule has 0 radical (unpaired) electrons. The van der Waals surface area contributed by atoms with Gasteiger partial charge in [-0.25, -0.2) is 17.8 Å². The van der Waals surface area contributed by atoms with Crippen LogP contribution < -0.4 is 21.1 Å². The van der Waals surface area contributed by atoms with E-state index in [9.17, 15) is 17.2 Å². The van der Waals surface area contributed by atoms with Crippen LogP contribution in [0.3, 0.4) is 0 Å². The topological polar surface area (TPSA) is 109 Å². The molecule has 2 rings (SSSR count). The zero-order valence-corrected chi connectivity index (χ0v) is 21.4. The first-order chi connectivity index (χ1) is 15.5. The van der Waals surface area contributed by atoms with Crippen molar-refractivity contribution in [3.05, 3.63) is 34.3 Å². The molecule has 0 spiro atoms. The maximum absolute atomic E-state index is 14.5. The van der Waals surface area contributed by atoms with Gasteiger partial charge < -0.3 is 16.4 Å². The number of halogens is 3. The largest absolute Gasteiger partial charge is 0.384 e. The molecule has 2 atom stereocenters. The Balaban J connectivity index is 1.82.